The Morgan fingerprint density at radius 2 is 2.11 bits per heavy atom. The van der Waals surface area contributed by atoms with Crippen LogP contribution in [0.25, 0.3) is 0 Å². The van der Waals surface area contributed by atoms with Gasteiger partial charge < -0.3 is 20.3 Å². The number of hydrogen-bond acceptors (Lipinski definition) is 6. The highest BCUT2D eigenvalue weighted by atomic mass is 32.2. The number of aliphatic hydroxyl groups is 1. The Hall–Kier alpha value is -1.60. The normalized spacial score (nSPS) is 25.8. The predicted octanol–water partition coefficient (Wildman–Crippen LogP) is -1.38. The molecular weight excluding hydrogens is 258 g/mol. The zero-order valence-electron chi connectivity index (χ0n) is 9.37. The van der Waals surface area contributed by atoms with Gasteiger partial charge in [-0.15, -0.1) is 0 Å². The lowest BCUT2D eigenvalue weighted by Gasteiger charge is -2.17. The van der Waals surface area contributed by atoms with Crippen LogP contribution in [0.15, 0.2) is 24.3 Å². The van der Waals surface area contributed by atoms with Gasteiger partial charge in [-0.1, -0.05) is 12.1 Å². The van der Waals surface area contributed by atoms with E-state index in [2.05, 4.69) is 5.32 Å². The molecule has 1 heterocycles. The summed E-state index contributed by atoms with van der Waals surface area (Å²) in [5, 5.41) is 23.1. The molecule has 0 aliphatic carbocycles. The average Bonchev–Trinajstić information content (AvgIpc) is 2.52. The van der Waals surface area contributed by atoms with Crippen molar-refractivity contribution in [3.05, 3.63) is 29.8 Å². The quantitative estimate of drug-likeness (QED) is 0.701. The van der Waals surface area contributed by atoms with Crippen LogP contribution in [0.5, 0.6) is 0 Å². The number of hydrogen-bond donors (Lipinski definition) is 2. The van der Waals surface area contributed by atoms with Crippen molar-refractivity contribution in [2.75, 3.05) is 16.8 Å². The first-order valence-electron chi connectivity index (χ1n) is 5.34. The molecule has 1 aliphatic rings. The number of carbonyl (C=O) groups is 1. The lowest BCUT2D eigenvalue weighted by molar-refractivity contribution is -0.255. The number of sulfone groups is 1. The fourth-order valence-corrected chi connectivity index (χ4v) is 3.66. The molecule has 1 aromatic carbocycles. The molecule has 18 heavy (non-hydrogen) atoms. The SMILES string of the molecule is O=C([O-])c1cccc(N[C@@H]2CS(=O)(=O)C[C@@H]2O)c1. The van der Waals surface area contributed by atoms with Gasteiger partial charge in [-0.3, -0.25) is 0 Å². The molecule has 6 nitrogen and oxygen atoms in total. The number of aliphatic hydroxyl groups excluding tert-OH is 1. The Morgan fingerprint density at radius 1 is 1.39 bits per heavy atom. The number of carbonyl (C=O) groups excluding carboxylic acids is 1. The van der Waals surface area contributed by atoms with Crippen molar-refractivity contribution in [2.24, 2.45) is 0 Å². The van der Waals surface area contributed by atoms with E-state index >= 15 is 0 Å². The van der Waals surface area contributed by atoms with E-state index in [9.17, 15) is 23.4 Å². The van der Waals surface area contributed by atoms with Gasteiger partial charge in [0.2, 0.25) is 0 Å². The Bertz CT molecular complexity index is 569. The van der Waals surface area contributed by atoms with Gasteiger partial charge in [-0.05, 0) is 17.7 Å². The molecular formula is C11H12NO5S-. The van der Waals surface area contributed by atoms with Gasteiger partial charge in [0.15, 0.2) is 9.84 Å². The second kappa shape index (κ2) is 4.58. The van der Waals surface area contributed by atoms with Gasteiger partial charge in [0.1, 0.15) is 0 Å². The molecule has 2 atom stereocenters. The number of carboxylic acid groups (broad SMARTS) is 1. The standard InChI is InChI=1S/C11H13NO5S/c13-10-6-18(16,17)5-9(10)12-8-3-1-2-7(4-8)11(14)15/h1-4,9-10,12-13H,5-6H2,(H,14,15)/p-1/t9-,10+/m1/s1. The van der Waals surface area contributed by atoms with Crippen molar-refractivity contribution in [3.63, 3.8) is 0 Å². The monoisotopic (exact) mass is 270 g/mol. The third-order valence-electron chi connectivity index (χ3n) is 2.77. The molecule has 0 saturated carbocycles. The van der Waals surface area contributed by atoms with Crippen molar-refractivity contribution in [3.8, 4) is 0 Å². The molecule has 7 heteroatoms. The first-order valence-corrected chi connectivity index (χ1v) is 7.16. The Morgan fingerprint density at radius 3 is 2.67 bits per heavy atom. The number of aromatic carboxylic acids is 1. The van der Waals surface area contributed by atoms with Gasteiger partial charge in [-0.2, -0.15) is 0 Å². The third-order valence-corrected chi connectivity index (χ3v) is 4.49. The van der Waals surface area contributed by atoms with Crippen LogP contribution >= 0.6 is 0 Å². The summed E-state index contributed by atoms with van der Waals surface area (Å²) in [5.41, 5.74) is 0.438. The molecule has 1 fully saturated rings. The maximum Gasteiger partial charge on any atom is 0.155 e. The molecule has 1 aliphatic heterocycles. The van der Waals surface area contributed by atoms with E-state index in [1.807, 2.05) is 0 Å². The predicted molar refractivity (Wildman–Crippen MR) is 62.8 cm³/mol. The first kappa shape index (κ1) is 12.8. The summed E-state index contributed by atoms with van der Waals surface area (Å²) in [7, 11) is -3.23. The highest BCUT2D eigenvalue weighted by Gasteiger charge is 2.36. The summed E-state index contributed by atoms with van der Waals surface area (Å²) in [6, 6.07) is 5.22. The van der Waals surface area contributed by atoms with Crippen LogP contribution in [0.3, 0.4) is 0 Å². The van der Waals surface area contributed by atoms with Crippen molar-refractivity contribution in [1.82, 2.24) is 0 Å². The van der Waals surface area contributed by atoms with Crippen LogP contribution in [0.4, 0.5) is 5.69 Å². The number of nitrogens with one attached hydrogen (secondary N) is 1. The summed E-state index contributed by atoms with van der Waals surface area (Å²) < 4.78 is 22.6. The second-order valence-corrected chi connectivity index (χ2v) is 6.42. The molecule has 2 rings (SSSR count). The van der Waals surface area contributed by atoms with Crippen LogP contribution in [0, 0.1) is 0 Å². The summed E-state index contributed by atoms with van der Waals surface area (Å²) in [6.07, 6.45) is -0.985. The zero-order valence-corrected chi connectivity index (χ0v) is 10.2. The van der Waals surface area contributed by atoms with E-state index in [1.54, 1.807) is 6.07 Å². The molecule has 0 radical (unpaired) electrons. The summed E-state index contributed by atoms with van der Waals surface area (Å²) in [5.74, 6) is -1.74. The summed E-state index contributed by atoms with van der Waals surface area (Å²) >= 11 is 0. The minimum Gasteiger partial charge on any atom is -0.545 e. The molecule has 0 bridgehead atoms. The van der Waals surface area contributed by atoms with Crippen molar-refractivity contribution in [2.45, 2.75) is 12.1 Å². The first-order chi connectivity index (χ1) is 8.37. The minimum absolute atomic E-state index is 0.00431. The van der Waals surface area contributed by atoms with Crippen LogP contribution in [-0.2, 0) is 9.84 Å². The number of anilines is 1. The smallest absolute Gasteiger partial charge is 0.155 e. The fraction of sp³-hybridized carbons (Fsp3) is 0.364. The maximum absolute atomic E-state index is 11.3. The summed E-state index contributed by atoms with van der Waals surface area (Å²) in [4.78, 5) is 10.7. The lowest BCUT2D eigenvalue weighted by Crippen LogP contribution is -2.32. The zero-order chi connectivity index (χ0) is 13.3. The van der Waals surface area contributed by atoms with Crippen LogP contribution < -0.4 is 10.4 Å². The van der Waals surface area contributed by atoms with E-state index in [1.165, 1.54) is 18.2 Å². The maximum atomic E-state index is 11.3. The Labute approximate surface area is 104 Å². The number of benzene rings is 1. The molecule has 98 valence electrons. The van der Waals surface area contributed by atoms with Crippen molar-refractivity contribution < 1.29 is 23.4 Å². The molecule has 1 saturated heterocycles. The van der Waals surface area contributed by atoms with E-state index in [0.717, 1.165) is 0 Å². The number of rotatable bonds is 3. The molecule has 0 aromatic heterocycles. The summed E-state index contributed by atoms with van der Waals surface area (Å²) in [6.45, 7) is 0. The van der Waals surface area contributed by atoms with E-state index in [-0.39, 0.29) is 17.1 Å². The highest BCUT2D eigenvalue weighted by Crippen LogP contribution is 2.18. The number of carboxylic acids is 1. The van der Waals surface area contributed by atoms with Gasteiger partial charge in [0.25, 0.3) is 0 Å². The topological polar surface area (TPSA) is 107 Å². The molecule has 0 spiro atoms. The van der Waals surface area contributed by atoms with Crippen molar-refractivity contribution >= 4 is 21.5 Å². The molecule has 0 unspecified atom stereocenters. The van der Waals surface area contributed by atoms with Crippen LogP contribution in [0.1, 0.15) is 10.4 Å². The van der Waals surface area contributed by atoms with Crippen LogP contribution in [0.2, 0.25) is 0 Å². The fourth-order valence-electron chi connectivity index (χ4n) is 1.92. The average molecular weight is 270 g/mol. The van der Waals surface area contributed by atoms with E-state index in [4.69, 9.17) is 0 Å². The van der Waals surface area contributed by atoms with Crippen LogP contribution in [-0.4, -0.2) is 43.1 Å². The molecule has 1 aromatic rings. The van der Waals surface area contributed by atoms with E-state index in [0.29, 0.717) is 5.69 Å². The molecule has 0 amide bonds. The second-order valence-electron chi connectivity index (χ2n) is 4.26. The Balaban J connectivity index is 2.15. The van der Waals surface area contributed by atoms with Gasteiger partial charge in [0, 0.05) is 5.69 Å². The van der Waals surface area contributed by atoms with Gasteiger partial charge >= 0.3 is 0 Å². The van der Waals surface area contributed by atoms with Gasteiger partial charge in [0.05, 0.1) is 29.6 Å². The largest absolute Gasteiger partial charge is 0.545 e. The Kier molecular flexibility index (Phi) is 3.27. The third kappa shape index (κ3) is 2.80. The lowest BCUT2D eigenvalue weighted by atomic mass is 10.1. The van der Waals surface area contributed by atoms with Crippen molar-refractivity contribution in [1.29, 1.82) is 0 Å². The molecule has 2 N–H and O–H groups in total. The highest BCUT2D eigenvalue weighted by molar-refractivity contribution is 7.91. The van der Waals surface area contributed by atoms with Gasteiger partial charge in [-0.25, -0.2) is 8.42 Å². The minimum atomic E-state index is -3.23. The van der Waals surface area contributed by atoms with E-state index < -0.39 is 28.0 Å².